The number of carboxylic acids is 1. The lowest BCUT2D eigenvalue weighted by atomic mass is 9.87. The van der Waals surface area contributed by atoms with Crippen molar-refractivity contribution in [3.63, 3.8) is 0 Å². The zero-order valence-corrected chi connectivity index (χ0v) is 10.9. The first kappa shape index (κ1) is 15.5. The molecule has 0 bridgehead atoms. The SMILES string of the molecule is C=CCC(C)NC(=O)NC(C(=O)O)C(C)(C)C. The summed E-state index contributed by atoms with van der Waals surface area (Å²) in [6.07, 6.45) is 2.34. The molecule has 0 aromatic heterocycles. The van der Waals surface area contributed by atoms with E-state index in [1.54, 1.807) is 26.8 Å². The zero-order chi connectivity index (χ0) is 13.6. The first-order chi connectivity index (χ1) is 7.68. The Balaban J connectivity index is 4.43. The summed E-state index contributed by atoms with van der Waals surface area (Å²) < 4.78 is 0. The predicted octanol–water partition coefficient (Wildman–Crippen LogP) is 1.75. The van der Waals surface area contributed by atoms with Crippen LogP contribution in [0.5, 0.6) is 0 Å². The Morgan fingerprint density at radius 1 is 1.35 bits per heavy atom. The van der Waals surface area contributed by atoms with Crippen molar-refractivity contribution in [3.05, 3.63) is 12.7 Å². The summed E-state index contributed by atoms with van der Waals surface area (Å²) in [6, 6.07) is -1.46. The van der Waals surface area contributed by atoms with Crippen LogP contribution in [0, 0.1) is 5.41 Å². The van der Waals surface area contributed by atoms with E-state index in [2.05, 4.69) is 17.2 Å². The van der Waals surface area contributed by atoms with Crippen LogP contribution < -0.4 is 10.6 Å². The molecule has 0 aliphatic heterocycles. The van der Waals surface area contributed by atoms with Crippen molar-refractivity contribution in [1.29, 1.82) is 0 Å². The number of aliphatic carboxylic acids is 1. The fourth-order valence-electron chi connectivity index (χ4n) is 1.35. The third-order valence-corrected chi connectivity index (χ3v) is 2.29. The number of hydrogen-bond acceptors (Lipinski definition) is 2. The molecule has 0 aromatic carbocycles. The number of nitrogens with one attached hydrogen (secondary N) is 2. The summed E-state index contributed by atoms with van der Waals surface area (Å²) in [6.45, 7) is 10.7. The summed E-state index contributed by atoms with van der Waals surface area (Å²) in [5.74, 6) is -1.04. The van der Waals surface area contributed by atoms with E-state index in [0.29, 0.717) is 6.42 Å². The summed E-state index contributed by atoms with van der Waals surface area (Å²) in [5.41, 5.74) is -0.537. The maximum absolute atomic E-state index is 11.6. The average molecular weight is 242 g/mol. The fraction of sp³-hybridized carbons (Fsp3) is 0.667. The molecule has 0 radical (unpaired) electrons. The van der Waals surface area contributed by atoms with Crippen LogP contribution in [-0.4, -0.2) is 29.2 Å². The van der Waals surface area contributed by atoms with E-state index in [9.17, 15) is 9.59 Å². The molecule has 2 amide bonds. The van der Waals surface area contributed by atoms with Gasteiger partial charge in [-0.15, -0.1) is 6.58 Å². The van der Waals surface area contributed by atoms with Crippen LogP contribution in [0.2, 0.25) is 0 Å². The standard InChI is InChI=1S/C12H22N2O3/c1-6-7-8(2)13-11(17)14-9(10(15)16)12(3,4)5/h6,8-9H,1,7H2,2-5H3,(H,15,16)(H2,13,14,17). The molecule has 17 heavy (non-hydrogen) atoms. The van der Waals surface area contributed by atoms with E-state index < -0.39 is 23.5 Å². The topological polar surface area (TPSA) is 78.4 Å². The number of urea groups is 1. The summed E-state index contributed by atoms with van der Waals surface area (Å²) in [4.78, 5) is 22.6. The van der Waals surface area contributed by atoms with Crippen molar-refractivity contribution >= 4 is 12.0 Å². The second-order valence-electron chi connectivity index (χ2n) is 5.18. The molecule has 0 saturated heterocycles. The minimum Gasteiger partial charge on any atom is -0.480 e. The molecule has 98 valence electrons. The Kier molecular flexibility index (Phi) is 5.71. The van der Waals surface area contributed by atoms with Gasteiger partial charge in [0.2, 0.25) is 0 Å². The third-order valence-electron chi connectivity index (χ3n) is 2.29. The molecule has 5 nitrogen and oxygen atoms in total. The summed E-state index contributed by atoms with van der Waals surface area (Å²) in [7, 11) is 0. The molecule has 0 aliphatic carbocycles. The third kappa shape index (κ3) is 5.94. The molecular weight excluding hydrogens is 220 g/mol. The number of carbonyl (C=O) groups is 2. The van der Waals surface area contributed by atoms with E-state index in [0.717, 1.165) is 0 Å². The van der Waals surface area contributed by atoms with E-state index in [1.165, 1.54) is 0 Å². The minimum absolute atomic E-state index is 0.0677. The number of amides is 2. The van der Waals surface area contributed by atoms with Crippen LogP contribution >= 0.6 is 0 Å². The summed E-state index contributed by atoms with van der Waals surface area (Å²) >= 11 is 0. The van der Waals surface area contributed by atoms with Crippen molar-refractivity contribution in [2.45, 2.75) is 46.2 Å². The Bertz CT molecular complexity index is 295. The van der Waals surface area contributed by atoms with Crippen LogP contribution in [0.15, 0.2) is 12.7 Å². The average Bonchev–Trinajstić information content (AvgIpc) is 2.12. The van der Waals surface area contributed by atoms with Gasteiger partial charge in [0.1, 0.15) is 6.04 Å². The van der Waals surface area contributed by atoms with Crippen molar-refractivity contribution in [3.8, 4) is 0 Å². The molecule has 0 heterocycles. The highest BCUT2D eigenvalue weighted by Crippen LogP contribution is 2.19. The van der Waals surface area contributed by atoms with Crippen molar-refractivity contribution < 1.29 is 14.7 Å². The molecule has 2 unspecified atom stereocenters. The molecule has 0 aromatic rings. The highest BCUT2D eigenvalue weighted by Gasteiger charge is 2.32. The van der Waals surface area contributed by atoms with E-state index in [-0.39, 0.29) is 6.04 Å². The molecule has 0 spiro atoms. The van der Waals surface area contributed by atoms with Gasteiger partial charge >= 0.3 is 12.0 Å². The maximum atomic E-state index is 11.6. The normalized spacial score (nSPS) is 14.6. The Labute approximate surface area is 102 Å². The molecule has 5 heteroatoms. The lowest BCUT2D eigenvalue weighted by molar-refractivity contribution is -0.141. The lowest BCUT2D eigenvalue weighted by Gasteiger charge is -2.28. The first-order valence-corrected chi connectivity index (χ1v) is 5.59. The van der Waals surface area contributed by atoms with Gasteiger partial charge in [0, 0.05) is 6.04 Å². The van der Waals surface area contributed by atoms with Gasteiger partial charge in [0.05, 0.1) is 0 Å². The van der Waals surface area contributed by atoms with Crippen LogP contribution in [-0.2, 0) is 4.79 Å². The van der Waals surface area contributed by atoms with E-state index in [4.69, 9.17) is 5.11 Å². The quantitative estimate of drug-likeness (QED) is 0.643. The van der Waals surface area contributed by atoms with Crippen LogP contribution in [0.3, 0.4) is 0 Å². The summed E-state index contributed by atoms with van der Waals surface area (Å²) in [5, 5.41) is 14.2. The van der Waals surface area contributed by atoms with Gasteiger partial charge in [-0.2, -0.15) is 0 Å². The highest BCUT2D eigenvalue weighted by atomic mass is 16.4. The zero-order valence-electron chi connectivity index (χ0n) is 10.9. The van der Waals surface area contributed by atoms with Gasteiger partial charge in [-0.3, -0.25) is 0 Å². The van der Waals surface area contributed by atoms with Gasteiger partial charge in [-0.1, -0.05) is 26.8 Å². The number of hydrogen-bond donors (Lipinski definition) is 3. The molecule has 0 aliphatic rings. The second-order valence-corrected chi connectivity index (χ2v) is 5.18. The number of carboxylic acid groups (broad SMARTS) is 1. The smallest absolute Gasteiger partial charge is 0.326 e. The molecule has 0 saturated carbocycles. The lowest BCUT2D eigenvalue weighted by Crippen LogP contribution is -2.53. The van der Waals surface area contributed by atoms with Crippen LogP contribution in [0.25, 0.3) is 0 Å². The Morgan fingerprint density at radius 3 is 2.24 bits per heavy atom. The largest absolute Gasteiger partial charge is 0.480 e. The Hall–Kier alpha value is -1.52. The second kappa shape index (κ2) is 6.27. The number of carbonyl (C=O) groups excluding carboxylic acids is 1. The maximum Gasteiger partial charge on any atom is 0.326 e. The van der Waals surface area contributed by atoms with Gasteiger partial charge in [0.15, 0.2) is 0 Å². The van der Waals surface area contributed by atoms with Crippen LogP contribution in [0.1, 0.15) is 34.1 Å². The van der Waals surface area contributed by atoms with Crippen molar-refractivity contribution in [2.75, 3.05) is 0 Å². The predicted molar refractivity (Wildman–Crippen MR) is 66.8 cm³/mol. The van der Waals surface area contributed by atoms with Crippen molar-refractivity contribution in [2.24, 2.45) is 5.41 Å². The van der Waals surface area contributed by atoms with Crippen LogP contribution in [0.4, 0.5) is 4.79 Å². The Morgan fingerprint density at radius 2 is 1.88 bits per heavy atom. The minimum atomic E-state index is -1.04. The molecular formula is C12H22N2O3. The fourth-order valence-corrected chi connectivity index (χ4v) is 1.35. The number of rotatable bonds is 5. The van der Waals surface area contributed by atoms with E-state index >= 15 is 0 Å². The van der Waals surface area contributed by atoms with E-state index in [1.807, 2.05) is 6.92 Å². The molecule has 2 atom stereocenters. The highest BCUT2D eigenvalue weighted by molar-refractivity contribution is 5.83. The van der Waals surface area contributed by atoms with Gasteiger partial charge < -0.3 is 15.7 Å². The molecule has 0 rings (SSSR count). The van der Waals surface area contributed by atoms with Gasteiger partial charge in [0.25, 0.3) is 0 Å². The first-order valence-electron chi connectivity index (χ1n) is 5.59. The van der Waals surface area contributed by atoms with Gasteiger partial charge in [-0.25, -0.2) is 9.59 Å². The molecule has 0 fully saturated rings. The molecule has 3 N–H and O–H groups in total. The van der Waals surface area contributed by atoms with Gasteiger partial charge in [-0.05, 0) is 18.8 Å². The van der Waals surface area contributed by atoms with Crippen molar-refractivity contribution in [1.82, 2.24) is 10.6 Å². The monoisotopic (exact) mass is 242 g/mol.